The second kappa shape index (κ2) is 8.06. The Morgan fingerprint density at radius 2 is 1.85 bits per heavy atom. The molecule has 1 unspecified atom stereocenters. The van der Waals surface area contributed by atoms with Crippen molar-refractivity contribution in [2.75, 3.05) is 39.4 Å². The van der Waals surface area contributed by atoms with Crippen LogP contribution in [0.25, 0.3) is 0 Å². The van der Waals surface area contributed by atoms with Gasteiger partial charge in [0.05, 0.1) is 18.1 Å². The summed E-state index contributed by atoms with van der Waals surface area (Å²) in [6.07, 6.45) is 3.13. The fourth-order valence-electron chi connectivity index (χ4n) is 3.56. The van der Waals surface area contributed by atoms with Gasteiger partial charge in [0.15, 0.2) is 0 Å². The minimum absolute atomic E-state index is 0.0596. The van der Waals surface area contributed by atoms with E-state index in [0.717, 1.165) is 37.9 Å². The summed E-state index contributed by atoms with van der Waals surface area (Å²) >= 11 is 0. The van der Waals surface area contributed by atoms with Crippen LogP contribution in [-0.2, 0) is 14.8 Å². The van der Waals surface area contributed by atoms with Crippen LogP contribution in [0.5, 0.6) is 0 Å². The molecular weight excluding hydrogens is 352 g/mol. The van der Waals surface area contributed by atoms with Crippen LogP contribution in [0.4, 0.5) is 0 Å². The van der Waals surface area contributed by atoms with Gasteiger partial charge in [-0.25, -0.2) is 8.42 Å². The normalized spacial score (nSPS) is 22.8. The highest BCUT2D eigenvalue weighted by Crippen LogP contribution is 2.23. The van der Waals surface area contributed by atoms with Crippen LogP contribution in [-0.4, -0.2) is 62.9 Å². The van der Waals surface area contributed by atoms with Gasteiger partial charge in [-0.1, -0.05) is 13.0 Å². The Labute approximate surface area is 156 Å². The van der Waals surface area contributed by atoms with Crippen molar-refractivity contribution in [2.24, 2.45) is 5.92 Å². The van der Waals surface area contributed by atoms with Crippen LogP contribution >= 0.6 is 0 Å². The van der Waals surface area contributed by atoms with Crippen LogP contribution < -0.4 is 0 Å². The van der Waals surface area contributed by atoms with Crippen molar-refractivity contribution in [3.8, 4) is 0 Å². The average molecular weight is 381 g/mol. The van der Waals surface area contributed by atoms with Gasteiger partial charge in [0.25, 0.3) is 5.91 Å². The molecule has 2 heterocycles. The van der Waals surface area contributed by atoms with Crippen molar-refractivity contribution in [1.82, 2.24) is 9.21 Å². The van der Waals surface area contributed by atoms with E-state index in [2.05, 4.69) is 6.92 Å². The third-order valence-electron chi connectivity index (χ3n) is 5.35. The van der Waals surface area contributed by atoms with E-state index in [1.165, 1.54) is 4.31 Å². The van der Waals surface area contributed by atoms with Crippen LogP contribution in [0.15, 0.2) is 23.1 Å². The van der Waals surface area contributed by atoms with Gasteiger partial charge in [-0.15, -0.1) is 0 Å². The molecule has 0 radical (unpaired) electrons. The number of benzene rings is 1. The molecule has 2 aliphatic heterocycles. The number of amides is 1. The SMILES string of the molecule is Cc1ccc(S(=O)(=O)N2CCOCC2)cc1C(=O)N1CCCC(C)CC1. The van der Waals surface area contributed by atoms with E-state index < -0.39 is 10.0 Å². The highest BCUT2D eigenvalue weighted by atomic mass is 32.2. The van der Waals surface area contributed by atoms with Crippen LogP contribution in [0.3, 0.4) is 0 Å². The van der Waals surface area contributed by atoms with Crippen molar-refractivity contribution < 1.29 is 17.9 Å². The second-order valence-electron chi connectivity index (χ2n) is 7.32. The van der Waals surface area contributed by atoms with Crippen molar-refractivity contribution in [1.29, 1.82) is 0 Å². The number of likely N-dealkylation sites (tertiary alicyclic amines) is 1. The van der Waals surface area contributed by atoms with Crippen molar-refractivity contribution in [2.45, 2.75) is 38.0 Å². The molecule has 0 bridgehead atoms. The number of carbonyl (C=O) groups excluding carboxylic acids is 1. The number of morpholine rings is 1. The zero-order chi connectivity index (χ0) is 18.7. The Balaban J connectivity index is 1.86. The summed E-state index contributed by atoms with van der Waals surface area (Å²) in [6, 6.07) is 4.89. The quantitative estimate of drug-likeness (QED) is 0.807. The number of sulfonamides is 1. The Bertz CT molecular complexity index is 757. The Hall–Kier alpha value is -1.44. The Kier molecular flexibility index (Phi) is 5.99. The van der Waals surface area contributed by atoms with Gasteiger partial charge in [-0.2, -0.15) is 4.31 Å². The van der Waals surface area contributed by atoms with Gasteiger partial charge in [0, 0.05) is 31.7 Å². The zero-order valence-electron chi connectivity index (χ0n) is 15.6. The molecule has 0 N–H and O–H groups in total. The van der Waals surface area contributed by atoms with Gasteiger partial charge in [0.2, 0.25) is 10.0 Å². The number of carbonyl (C=O) groups is 1. The van der Waals surface area contributed by atoms with E-state index >= 15 is 0 Å². The summed E-state index contributed by atoms with van der Waals surface area (Å²) in [7, 11) is -3.60. The summed E-state index contributed by atoms with van der Waals surface area (Å²) in [4.78, 5) is 15.1. The first-order valence-corrected chi connectivity index (χ1v) is 10.8. The molecular formula is C19H28N2O4S. The molecule has 1 atom stereocenters. The molecule has 2 fully saturated rings. The monoisotopic (exact) mass is 380 g/mol. The summed E-state index contributed by atoms with van der Waals surface area (Å²) < 4.78 is 32.5. The predicted octanol–water partition coefficient (Wildman–Crippen LogP) is 2.28. The number of nitrogens with zero attached hydrogens (tertiary/aromatic N) is 2. The predicted molar refractivity (Wildman–Crippen MR) is 99.7 cm³/mol. The molecule has 144 valence electrons. The largest absolute Gasteiger partial charge is 0.379 e. The maximum absolute atomic E-state index is 13.0. The van der Waals surface area contributed by atoms with Gasteiger partial charge in [0.1, 0.15) is 0 Å². The highest BCUT2D eigenvalue weighted by Gasteiger charge is 2.28. The van der Waals surface area contributed by atoms with Crippen LogP contribution in [0, 0.1) is 12.8 Å². The molecule has 1 amide bonds. The third-order valence-corrected chi connectivity index (χ3v) is 7.25. The molecule has 7 heteroatoms. The van der Waals surface area contributed by atoms with E-state index in [-0.39, 0.29) is 10.8 Å². The molecule has 0 aromatic heterocycles. The highest BCUT2D eigenvalue weighted by molar-refractivity contribution is 7.89. The molecule has 3 rings (SSSR count). The number of hydrogen-bond acceptors (Lipinski definition) is 4. The number of aryl methyl sites for hydroxylation is 1. The minimum Gasteiger partial charge on any atom is -0.379 e. The number of rotatable bonds is 3. The lowest BCUT2D eigenvalue weighted by Crippen LogP contribution is -2.40. The summed E-state index contributed by atoms with van der Waals surface area (Å²) in [5.74, 6) is 0.567. The van der Waals surface area contributed by atoms with E-state index in [4.69, 9.17) is 4.74 Å². The van der Waals surface area contributed by atoms with E-state index in [9.17, 15) is 13.2 Å². The van der Waals surface area contributed by atoms with Crippen molar-refractivity contribution >= 4 is 15.9 Å². The van der Waals surface area contributed by atoms with Gasteiger partial charge < -0.3 is 9.64 Å². The zero-order valence-corrected chi connectivity index (χ0v) is 16.4. The van der Waals surface area contributed by atoms with Gasteiger partial charge in [-0.3, -0.25) is 4.79 Å². The molecule has 0 saturated carbocycles. The lowest BCUT2D eigenvalue weighted by molar-refractivity contribution is 0.0729. The Morgan fingerprint density at radius 3 is 2.58 bits per heavy atom. The lowest BCUT2D eigenvalue weighted by Gasteiger charge is -2.26. The average Bonchev–Trinajstić information content (AvgIpc) is 2.86. The maximum Gasteiger partial charge on any atom is 0.254 e. The van der Waals surface area contributed by atoms with Gasteiger partial charge >= 0.3 is 0 Å². The van der Waals surface area contributed by atoms with E-state index in [1.807, 2.05) is 11.8 Å². The molecule has 2 aliphatic rings. The molecule has 6 nitrogen and oxygen atoms in total. The first-order chi connectivity index (χ1) is 12.4. The van der Waals surface area contributed by atoms with Crippen molar-refractivity contribution in [3.05, 3.63) is 29.3 Å². The molecule has 1 aromatic rings. The standard InChI is InChI=1S/C19H28N2O4S/c1-15-4-3-8-20(9-7-15)19(22)18-14-17(6-5-16(18)2)26(23,24)21-10-12-25-13-11-21/h5-6,14-15H,3-4,7-13H2,1-2H3. The minimum atomic E-state index is -3.60. The number of ether oxygens (including phenoxy) is 1. The number of hydrogen-bond donors (Lipinski definition) is 0. The van der Waals surface area contributed by atoms with Gasteiger partial charge in [-0.05, 0) is 49.8 Å². The summed E-state index contributed by atoms with van der Waals surface area (Å²) in [5, 5.41) is 0. The Morgan fingerprint density at radius 1 is 1.12 bits per heavy atom. The van der Waals surface area contributed by atoms with Crippen LogP contribution in [0.1, 0.15) is 42.1 Å². The van der Waals surface area contributed by atoms with E-state index in [0.29, 0.717) is 37.8 Å². The maximum atomic E-state index is 13.0. The topological polar surface area (TPSA) is 66.9 Å². The summed E-state index contributed by atoms with van der Waals surface area (Å²) in [5.41, 5.74) is 1.31. The molecule has 0 spiro atoms. The fourth-order valence-corrected chi connectivity index (χ4v) is 5.00. The third kappa shape index (κ3) is 4.10. The van der Waals surface area contributed by atoms with Crippen molar-refractivity contribution in [3.63, 3.8) is 0 Å². The van der Waals surface area contributed by atoms with E-state index in [1.54, 1.807) is 18.2 Å². The lowest BCUT2D eigenvalue weighted by atomic mass is 10.0. The summed E-state index contributed by atoms with van der Waals surface area (Å²) in [6.45, 7) is 7.06. The molecule has 26 heavy (non-hydrogen) atoms. The molecule has 1 aromatic carbocycles. The first-order valence-electron chi connectivity index (χ1n) is 9.37. The fraction of sp³-hybridized carbons (Fsp3) is 0.632. The second-order valence-corrected chi connectivity index (χ2v) is 9.26. The van der Waals surface area contributed by atoms with Crippen LogP contribution in [0.2, 0.25) is 0 Å². The molecule has 0 aliphatic carbocycles. The smallest absolute Gasteiger partial charge is 0.254 e. The first kappa shape index (κ1) is 19.3. The molecule has 2 saturated heterocycles.